The van der Waals surface area contributed by atoms with Crippen molar-refractivity contribution in [2.45, 2.75) is 12.8 Å². The molecule has 0 radical (unpaired) electrons. The van der Waals surface area contributed by atoms with Gasteiger partial charge < -0.3 is 9.88 Å². The van der Waals surface area contributed by atoms with Crippen LogP contribution in [0.3, 0.4) is 0 Å². The average molecular weight is 322 g/mol. The van der Waals surface area contributed by atoms with Gasteiger partial charge in [0.15, 0.2) is 0 Å². The Hall–Kier alpha value is -1.62. The van der Waals surface area contributed by atoms with Gasteiger partial charge in [-0.3, -0.25) is 4.79 Å². The number of hydrogen-bond acceptors (Lipinski definition) is 3. The number of hydrogen-bond donors (Lipinski definition) is 1. The molecule has 1 heterocycles. The molecule has 2 aromatic rings. The molecule has 2 rings (SSSR count). The Morgan fingerprint density at radius 2 is 2.05 bits per heavy atom. The summed E-state index contributed by atoms with van der Waals surface area (Å²) < 4.78 is 0.484. The molecule has 4 nitrogen and oxygen atoms in total. The van der Waals surface area contributed by atoms with Gasteiger partial charge in [-0.1, -0.05) is 30.3 Å². The summed E-state index contributed by atoms with van der Waals surface area (Å²) in [4.78, 5) is 20.2. The number of nitrogens with zero attached hydrogens (tertiary/aromatic N) is 2. The van der Waals surface area contributed by atoms with E-state index < -0.39 is 0 Å². The second-order valence-electron chi connectivity index (χ2n) is 4.38. The zero-order valence-corrected chi connectivity index (χ0v) is 12.4. The summed E-state index contributed by atoms with van der Waals surface area (Å²) in [7, 11) is 1.94. The fourth-order valence-corrected chi connectivity index (χ4v) is 2.43. The molecule has 5 heteroatoms. The lowest BCUT2D eigenvalue weighted by atomic mass is 10.1. The molecule has 0 fully saturated rings. The number of halogens is 1. The number of H-pyrrole nitrogens is 1. The number of aromatic amines is 1. The van der Waals surface area contributed by atoms with Crippen molar-refractivity contribution in [3.8, 4) is 0 Å². The van der Waals surface area contributed by atoms with Gasteiger partial charge in [0.05, 0.1) is 6.33 Å². The van der Waals surface area contributed by atoms with Gasteiger partial charge in [0.25, 0.3) is 5.56 Å². The maximum absolute atomic E-state index is 11.5. The highest BCUT2D eigenvalue weighted by Crippen LogP contribution is 2.17. The summed E-state index contributed by atoms with van der Waals surface area (Å²) in [6.45, 7) is 0.851. The molecule has 0 aliphatic carbocycles. The predicted octanol–water partition coefficient (Wildman–Crippen LogP) is 2.60. The van der Waals surface area contributed by atoms with Crippen molar-refractivity contribution in [2.75, 3.05) is 18.5 Å². The number of nitrogens with one attached hydrogen (secondary N) is 1. The quantitative estimate of drug-likeness (QED) is 0.920. The van der Waals surface area contributed by atoms with Gasteiger partial charge in [-0.15, -0.1) is 0 Å². The number of rotatable bonds is 5. The summed E-state index contributed by atoms with van der Waals surface area (Å²) in [6.07, 6.45) is 3.46. The van der Waals surface area contributed by atoms with Crippen LogP contribution in [0, 0.1) is 0 Å². The van der Waals surface area contributed by atoms with Crippen molar-refractivity contribution in [1.29, 1.82) is 0 Å². The zero-order valence-electron chi connectivity index (χ0n) is 10.8. The van der Waals surface area contributed by atoms with Gasteiger partial charge in [0, 0.05) is 13.6 Å². The predicted molar refractivity (Wildman–Crippen MR) is 80.6 cm³/mol. The van der Waals surface area contributed by atoms with E-state index in [9.17, 15) is 4.79 Å². The highest BCUT2D eigenvalue weighted by Gasteiger charge is 2.09. The van der Waals surface area contributed by atoms with Crippen molar-refractivity contribution in [2.24, 2.45) is 0 Å². The van der Waals surface area contributed by atoms with Crippen LogP contribution in [-0.2, 0) is 6.42 Å². The minimum Gasteiger partial charge on any atom is -0.359 e. The van der Waals surface area contributed by atoms with Crippen molar-refractivity contribution >= 4 is 21.7 Å². The second-order valence-corrected chi connectivity index (χ2v) is 5.17. The van der Waals surface area contributed by atoms with Crippen molar-refractivity contribution in [3.63, 3.8) is 0 Å². The molecule has 1 aromatic heterocycles. The first-order valence-electron chi connectivity index (χ1n) is 6.16. The van der Waals surface area contributed by atoms with Crippen LogP contribution in [0.4, 0.5) is 5.82 Å². The lowest BCUT2D eigenvalue weighted by Gasteiger charge is -2.18. The van der Waals surface area contributed by atoms with Crippen molar-refractivity contribution < 1.29 is 0 Å². The first-order chi connectivity index (χ1) is 9.18. The highest BCUT2D eigenvalue weighted by molar-refractivity contribution is 9.10. The Labute approximate surface area is 120 Å². The van der Waals surface area contributed by atoms with E-state index in [4.69, 9.17) is 0 Å². The maximum atomic E-state index is 11.5. The van der Waals surface area contributed by atoms with Crippen LogP contribution >= 0.6 is 15.9 Å². The van der Waals surface area contributed by atoms with Gasteiger partial charge >= 0.3 is 0 Å². The van der Waals surface area contributed by atoms with Gasteiger partial charge in [-0.05, 0) is 34.3 Å². The van der Waals surface area contributed by atoms with E-state index in [1.165, 1.54) is 11.9 Å². The van der Waals surface area contributed by atoms with Crippen LogP contribution in [-0.4, -0.2) is 23.6 Å². The number of benzene rings is 1. The summed E-state index contributed by atoms with van der Waals surface area (Å²) >= 11 is 3.27. The van der Waals surface area contributed by atoms with E-state index in [0.29, 0.717) is 10.3 Å². The van der Waals surface area contributed by atoms with Gasteiger partial charge in [-0.2, -0.15) is 0 Å². The standard InChI is InChI=1S/C14H16BrN3O/c1-18(13-12(15)14(19)17-10-16-13)9-5-8-11-6-3-2-4-7-11/h2-4,6-7,10H,5,8-9H2,1H3,(H,16,17,19). The van der Waals surface area contributed by atoms with Crippen LogP contribution in [0.25, 0.3) is 0 Å². The molecular formula is C14H16BrN3O. The zero-order chi connectivity index (χ0) is 13.7. The fourth-order valence-electron chi connectivity index (χ4n) is 1.91. The summed E-state index contributed by atoms with van der Waals surface area (Å²) in [5.41, 5.74) is 1.17. The lowest BCUT2D eigenvalue weighted by Crippen LogP contribution is -2.23. The van der Waals surface area contributed by atoms with Gasteiger partial charge in [0.1, 0.15) is 10.3 Å². The normalized spacial score (nSPS) is 10.4. The third-order valence-electron chi connectivity index (χ3n) is 2.94. The number of aryl methyl sites for hydroxylation is 1. The monoisotopic (exact) mass is 321 g/mol. The molecule has 0 atom stereocenters. The molecule has 0 amide bonds. The SMILES string of the molecule is CN(CCCc1ccccc1)c1nc[nH]c(=O)c1Br. The van der Waals surface area contributed by atoms with Crippen LogP contribution in [0.5, 0.6) is 0 Å². The third-order valence-corrected chi connectivity index (χ3v) is 3.66. The van der Waals surface area contributed by atoms with Crippen LogP contribution in [0.15, 0.2) is 45.9 Å². The molecule has 100 valence electrons. The van der Waals surface area contributed by atoms with E-state index in [2.05, 4.69) is 38.0 Å². The van der Waals surface area contributed by atoms with Crippen LogP contribution in [0.2, 0.25) is 0 Å². The van der Waals surface area contributed by atoms with Crippen molar-refractivity contribution in [1.82, 2.24) is 9.97 Å². The largest absolute Gasteiger partial charge is 0.359 e. The average Bonchev–Trinajstić information content (AvgIpc) is 2.43. The first-order valence-corrected chi connectivity index (χ1v) is 6.96. The van der Waals surface area contributed by atoms with E-state index in [-0.39, 0.29) is 5.56 Å². The van der Waals surface area contributed by atoms with Crippen molar-refractivity contribution in [3.05, 3.63) is 57.0 Å². The van der Waals surface area contributed by atoms with Gasteiger partial charge in [0.2, 0.25) is 0 Å². The summed E-state index contributed by atoms with van der Waals surface area (Å²) in [5, 5.41) is 0. The van der Waals surface area contributed by atoms with E-state index in [0.717, 1.165) is 19.4 Å². The molecule has 0 saturated carbocycles. The highest BCUT2D eigenvalue weighted by atomic mass is 79.9. The third kappa shape index (κ3) is 3.67. The Morgan fingerprint density at radius 3 is 2.79 bits per heavy atom. The Bertz CT molecular complexity index is 583. The maximum Gasteiger partial charge on any atom is 0.267 e. The molecular weight excluding hydrogens is 306 g/mol. The lowest BCUT2D eigenvalue weighted by molar-refractivity contribution is 0.773. The van der Waals surface area contributed by atoms with E-state index in [1.54, 1.807) is 0 Å². The molecule has 1 aromatic carbocycles. The molecule has 0 aliphatic rings. The minimum atomic E-state index is -0.153. The molecule has 0 spiro atoms. The van der Waals surface area contributed by atoms with Crippen LogP contribution in [0.1, 0.15) is 12.0 Å². The summed E-state index contributed by atoms with van der Waals surface area (Å²) in [6, 6.07) is 10.4. The number of aromatic nitrogens is 2. The first kappa shape index (κ1) is 13.8. The fraction of sp³-hybridized carbons (Fsp3) is 0.286. The van der Waals surface area contributed by atoms with E-state index in [1.807, 2.05) is 30.1 Å². The second kappa shape index (κ2) is 6.52. The molecule has 0 aliphatic heterocycles. The molecule has 1 N–H and O–H groups in total. The topological polar surface area (TPSA) is 49.0 Å². The Kier molecular flexibility index (Phi) is 4.74. The minimum absolute atomic E-state index is 0.153. The summed E-state index contributed by atoms with van der Waals surface area (Å²) in [5.74, 6) is 0.678. The Balaban J connectivity index is 1.93. The smallest absolute Gasteiger partial charge is 0.267 e. The van der Waals surface area contributed by atoms with Gasteiger partial charge in [-0.25, -0.2) is 4.98 Å². The molecule has 19 heavy (non-hydrogen) atoms. The molecule has 0 bridgehead atoms. The Morgan fingerprint density at radius 1 is 1.32 bits per heavy atom. The number of anilines is 1. The van der Waals surface area contributed by atoms with E-state index >= 15 is 0 Å². The van der Waals surface area contributed by atoms with Crippen LogP contribution < -0.4 is 10.5 Å². The molecule has 0 unspecified atom stereocenters. The molecule has 0 saturated heterocycles.